The SMILES string of the molecule is CN(C)CCNC(=O)c1cncc(Nc2ccc(N3CCCCC3)cc2)c1. The van der Waals surface area contributed by atoms with E-state index >= 15 is 0 Å². The van der Waals surface area contributed by atoms with E-state index in [0.717, 1.165) is 31.0 Å². The number of hydrogen-bond acceptors (Lipinski definition) is 5. The summed E-state index contributed by atoms with van der Waals surface area (Å²) in [4.78, 5) is 20.9. The van der Waals surface area contributed by atoms with Gasteiger partial charge in [0.1, 0.15) is 0 Å². The molecule has 1 fully saturated rings. The van der Waals surface area contributed by atoms with Gasteiger partial charge < -0.3 is 20.4 Å². The first-order valence-corrected chi connectivity index (χ1v) is 9.62. The van der Waals surface area contributed by atoms with Crippen molar-refractivity contribution in [2.24, 2.45) is 0 Å². The van der Waals surface area contributed by atoms with Crippen LogP contribution in [0.2, 0.25) is 0 Å². The maximum atomic E-state index is 12.2. The highest BCUT2D eigenvalue weighted by Crippen LogP contribution is 2.23. The van der Waals surface area contributed by atoms with Gasteiger partial charge in [0, 0.05) is 43.8 Å². The van der Waals surface area contributed by atoms with E-state index in [4.69, 9.17) is 0 Å². The molecular weight excluding hydrogens is 338 g/mol. The van der Waals surface area contributed by atoms with E-state index in [-0.39, 0.29) is 5.91 Å². The number of likely N-dealkylation sites (N-methyl/N-ethyl adjacent to an activating group) is 1. The smallest absolute Gasteiger partial charge is 0.252 e. The fourth-order valence-electron chi connectivity index (χ4n) is 3.20. The Morgan fingerprint density at radius 1 is 1.07 bits per heavy atom. The number of benzene rings is 1. The fraction of sp³-hybridized carbons (Fsp3) is 0.429. The predicted molar refractivity (Wildman–Crippen MR) is 111 cm³/mol. The van der Waals surface area contributed by atoms with Crippen LogP contribution in [0.5, 0.6) is 0 Å². The molecule has 1 amide bonds. The minimum atomic E-state index is -0.103. The van der Waals surface area contributed by atoms with Crippen molar-refractivity contribution >= 4 is 23.0 Å². The second-order valence-corrected chi connectivity index (χ2v) is 7.24. The molecule has 0 spiro atoms. The van der Waals surface area contributed by atoms with Gasteiger partial charge >= 0.3 is 0 Å². The van der Waals surface area contributed by atoms with Crippen LogP contribution >= 0.6 is 0 Å². The molecule has 0 atom stereocenters. The summed E-state index contributed by atoms with van der Waals surface area (Å²) in [6, 6.07) is 10.3. The number of rotatable bonds is 7. The molecule has 1 aromatic heterocycles. The highest BCUT2D eigenvalue weighted by molar-refractivity contribution is 5.94. The Hall–Kier alpha value is -2.60. The van der Waals surface area contributed by atoms with Gasteiger partial charge in [-0.1, -0.05) is 0 Å². The van der Waals surface area contributed by atoms with Crippen LogP contribution in [-0.4, -0.2) is 56.1 Å². The first-order valence-electron chi connectivity index (χ1n) is 9.62. The van der Waals surface area contributed by atoms with E-state index < -0.39 is 0 Å². The van der Waals surface area contributed by atoms with Gasteiger partial charge in [-0.25, -0.2) is 0 Å². The predicted octanol–water partition coefficient (Wildman–Crippen LogP) is 3.11. The number of hydrogen-bond donors (Lipinski definition) is 2. The molecule has 2 heterocycles. The topological polar surface area (TPSA) is 60.5 Å². The molecule has 0 aliphatic carbocycles. The van der Waals surface area contributed by atoms with E-state index in [2.05, 4.69) is 44.8 Å². The standard InChI is InChI=1S/C21H29N5O/c1-25(2)13-10-23-21(27)17-14-19(16-22-15-17)24-18-6-8-20(9-7-18)26-11-4-3-5-12-26/h6-9,14-16,24H,3-5,10-13H2,1-2H3,(H,23,27). The fourth-order valence-corrected chi connectivity index (χ4v) is 3.20. The number of nitrogens with one attached hydrogen (secondary N) is 2. The number of pyridine rings is 1. The van der Waals surface area contributed by atoms with Crippen LogP contribution < -0.4 is 15.5 Å². The zero-order valence-corrected chi connectivity index (χ0v) is 16.2. The molecule has 0 saturated carbocycles. The summed E-state index contributed by atoms with van der Waals surface area (Å²) in [6.07, 6.45) is 7.21. The number of anilines is 3. The highest BCUT2D eigenvalue weighted by atomic mass is 16.1. The molecule has 6 nitrogen and oxygen atoms in total. The number of carbonyl (C=O) groups excluding carboxylic acids is 1. The molecular formula is C21H29N5O. The van der Waals surface area contributed by atoms with E-state index in [1.165, 1.54) is 24.9 Å². The Balaban J connectivity index is 1.59. The van der Waals surface area contributed by atoms with Gasteiger partial charge in [0.25, 0.3) is 5.91 Å². The third-order valence-electron chi connectivity index (χ3n) is 4.72. The van der Waals surface area contributed by atoms with Gasteiger partial charge in [0.15, 0.2) is 0 Å². The second-order valence-electron chi connectivity index (χ2n) is 7.24. The number of piperidine rings is 1. The minimum absolute atomic E-state index is 0.103. The van der Waals surface area contributed by atoms with Crippen molar-refractivity contribution in [2.75, 3.05) is 50.5 Å². The Morgan fingerprint density at radius 3 is 2.52 bits per heavy atom. The summed E-state index contributed by atoms with van der Waals surface area (Å²) in [7, 11) is 3.96. The van der Waals surface area contributed by atoms with Crippen LogP contribution in [0, 0.1) is 0 Å². The summed E-state index contributed by atoms with van der Waals surface area (Å²) in [5.74, 6) is -0.103. The molecule has 27 heavy (non-hydrogen) atoms. The van der Waals surface area contributed by atoms with E-state index in [9.17, 15) is 4.79 Å². The van der Waals surface area contributed by atoms with Crippen LogP contribution in [0.3, 0.4) is 0 Å². The van der Waals surface area contributed by atoms with Crippen molar-refractivity contribution in [3.63, 3.8) is 0 Å². The van der Waals surface area contributed by atoms with Crippen molar-refractivity contribution < 1.29 is 4.79 Å². The molecule has 6 heteroatoms. The number of aromatic nitrogens is 1. The number of amides is 1. The average Bonchev–Trinajstić information content (AvgIpc) is 2.69. The maximum Gasteiger partial charge on any atom is 0.252 e. The Kier molecular flexibility index (Phi) is 6.65. The second kappa shape index (κ2) is 9.37. The molecule has 1 aliphatic heterocycles. The van der Waals surface area contributed by atoms with Crippen molar-refractivity contribution in [1.82, 2.24) is 15.2 Å². The van der Waals surface area contributed by atoms with Gasteiger partial charge in [-0.05, 0) is 63.7 Å². The van der Waals surface area contributed by atoms with Crippen LogP contribution in [0.1, 0.15) is 29.6 Å². The molecule has 1 aliphatic rings. The summed E-state index contributed by atoms with van der Waals surface area (Å²) in [6.45, 7) is 3.70. The number of nitrogens with zero attached hydrogens (tertiary/aromatic N) is 3. The summed E-state index contributed by atoms with van der Waals surface area (Å²) < 4.78 is 0. The molecule has 3 rings (SSSR count). The lowest BCUT2D eigenvalue weighted by Gasteiger charge is -2.28. The lowest BCUT2D eigenvalue weighted by molar-refractivity contribution is 0.0950. The molecule has 0 bridgehead atoms. The van der Waals surface area contributed by atoms with E-state index in [1.54, 1.807) is 12.4 Å². The zero-order valence-electron chi connectivity index (χ0n) is 16.2. The molecule has 144 valence electrons. The van der Waals surface area contributed by atoms with Crippen LogP contribution in [-0.2, 0) is 0 Å². The molecule has 0 unspecified atom stereocenters. The normalized spacial score (nSPS) is 14.3. The van der Waals surface area contributed by atoms with E-state index in [1.807, 2.05) is 25.1 Å². The van der Waals surface area contributed by atoms with Crippen LogP contribution in [0.25, 0.3) is 0 Å². The Labute approximate surface area is 161 Å². The lowest BCUT2D eigenvalue weighted by atomic mass is 10.1. The monoisotopic (exact) mass is 367 g/mol. The molecule has 1 aromatic carbocycles. The van der Waals surface area contributed by atoms with Crippen molar-refractivity contribution in [2.45, 2.75) is 19.3 Å². The molecule has 2 N–H and O–H groups in total. The quantitative estimate of drug-likeness (QED) is 0.787. The van der Waals surface area contributed by atoms with Crippen molar-refractivity contribution in [1.29, 1.82) is 0 Å². The average molecular weight is 367 g/mol. The molecule has 0 radical (unpaired) electrons. The first kappa shape index (κ1) is 19.2. The van der Waals surface area contributed by atoms with Crippen molar-refractivity contribution in [3.05, 3.63) is 48.3 Å². The van der Waals surface area contributed by atoms with Gasteiger partial charge in [-0.15, -0.1) is 0 Å². The zero-order chi connectivity index (χ0) is 19.1. The van der Waals surface area contributed by atoms with Crippen LogP contribution in [0.15, 0.2) is 42.7 Å². The van der Waals surface area contributed by atoms with Crippen molar-refractivity contribution in [3.8, 4) is 0 Å². The molecule has 1 saturated heterocycles. The molecule has 2 aromatic rings. The Bertz CT molecular complexity index is 738. The van der Waals surface area contributed by atoms with Gasteiger partial charge in [0.05, 0.1) is 17.4 Å². The highest BCUT2D eigenvalue weighted by Gasteiger charge is 2.11. The minimum Gasteiger partial charge on any atom is -0.372 e. The summed E-state index contributed by atoms with van der Waals surface area (Å²) >= 11 is 0. The van der Waals surface area contributed by atoms with E-state index in [0.29, 0.717) is 12.1 Å². The third-order valence-corrected chi connectivity index (χ3v) is 4.72. The van der Waals surface area contributed by atoms with Gasteiger partial charge in [-0.3, -0.25) is 9.78 Å². The van der Waals surface area contributed by atoms with Gasteiger partial charge in [-0.2, -0.15) is 0 Å². The largest absolute Gasteiger partial charge is 0.372 e. The summed E-state index contributed by atoms with van der Waals surface area (Å²) in [5, 5.41) is 6.25. The first-order chi connectivity index (χ1) is 13.1. The van der Waals surface area contributed by atoms with Gasteiger partial charge in [0.2, 0.25) is 0 Å². The third kappa shape index (κ3) is 5.69. The summed E-state index contributed by atoms with van der Waals surface area (Å²) in [5.41, 5.74) is 3.62. The number of carbonyl (C=O) groups is 1. The lowest BCUT2D eigenvalue weighted by Crippen LogP contribution is -2.31. The van der Waals surface area contributed by atoms with Crippen LogP contribution in [0.4, 0.5) is 17.1 Å². The maximum absolute atomic E-state index is 12.2. The Morgan fingerprint density at radius 2 is 1.81 bits per heavy atom.